The lowest BCUT2D eigenvalue weighted by molar-refractivity contribution is -0.984. The molecule has 0 saturated carbocycles. The summed E-state index contributed by atoms with van der Waals surface area (Å²) in [6.07, 6.45) is 0.509. The molecule has 0 amide bonds. The van der Waals surface area contributed by atoms with Crippen molar-refractivity contribution in [2.45, 2.75) is 44.6 Å². The van der Waals surface area contributed by atoms with E-state index in [1.807, 2.05) is 31.2 Å². The van der Waals surface area contributed by atoms with E-state index in [9.17, 15) is 18.3 Å². The van der Waals surface area contributed by atoms with Gasteiger partial charge in [-0.15, -0.1) is 6.58 Å². The van der Waals surface area contributed by atoms with Crippen LogP contribution in [0.5, 0.6) is 5.75 Å². The van der Waals surface area contributed by atoms with Crippen molar-refractivity contribution in [2.75, 3.05) is 20.2 Å². The smallest absolute Gasteiger partial charge is 0.416 e. The number of aliphatic hydroxyl groups is 1. The van der Waals surface area contributed by atoms with E-state index in [-0.39, 0.29) is 6.04 Å². The monoisotopic (exact) mass is 497 g/mol. The second-order valence-corrected chi connectivity index (χ2v) is 10.4. The zero-order valence-corrected chi connectivity index (χ0v) is 20.6. The summed E-state index contributed by atoms with van der Waals surface area (Å²) >= 11 is 0. The van der Waals surface area contributed by atoms with Crippen molar-refractivity contribution in [3.8, 4) is 5.75 Å². The van der Waals surface area contributed by atoms with Crippen LogP contribution in [0.2, 0.25) is 0 Å². The van der Waals surface area contributed by atoms with E-state index in [1.165, 1.54) is 0 Å². The number of fused-ring (bicyclic) bond motifs is 4. The normalized spacial score (nSPS) is 26.7. The molecule has 2 bridgehead atoms. The molecule has 0 aliphatic carbocycles. The molecule has 7 heteroatoms. The Morgan fingerprint density at radius 3 is 2.64 bits per heavy atom. The SMILES string of the molecule is C=CC1C[N+]2(Cc3ccc(C(F)(F)F)cc3)CCC1CC2[C@@H](O)c1ccnc2c(C)cc(OC)cc12. The van der Waals surface area contributed by atoms with Gasteiger partial charge in [-0.25, -0.2) is 0 Å². The van der Waals surface area contributed by atoms with E-state index in [0.717, 1.165) is 65.7 Å². The molecule has 6 rings (SSSR count). The van der Waals surface area contributed by atoms with Gasteiger partial charge in [-0.2, -0.15) is 13.2 Å². The van der Waals surface area contributed by atoms with E-state index in [1.54, 1.807) is 25.4 Å². The molecule has 3 fully saturated rings. The minimum Gasteiger partial charge on any atom is -0.497 e. The number of ether oxygens (including phenoxy) is 1. The summed E-state index contributed by atoms with van der Waals surface area (Å²) in [7, 11) is 1.62. The lowest BCUT2D eigenvalue weighted by atomic mass is 9.71. The third-order valence-electron chi connectivity index (χ3n) is 8.42. The maximum atomic E-state index is 13.1. The van der Waals surface area contributed by atoms with Gasteiger partial charge in [-0.05, 0) is 54.3 Å². The van der Waals surface area contributed by atoms with Crippen LogP contribution in [-0.4, -0.2) is 40.8 Å². The average molecular weight is 498 g/mol. The van der Waals surface area contributed by atoms with Crippen molar-refractivity contribution in [1.82, 2.24) is 4.98 Å². The van der Waals surface area contributed by atoms with Gasteiger partial charge in [0.1, 0.15) is 24.4 Å². The summed E-state index contributed by atoms with van der Waals surface area (Å²) < 4.78 is 45.5. The number of pyridine rings is 1. The van der Waals surface area contributed by atoms with E-state index in [2.05, 4.69) is 11.6 Å². The summed E-state index contributed by atoms with van der Waals surface area (Å²) in [5.41, 5.74) is 2.84. The second kappa shape index (κ2) is 9.20. The molecule has 1 aromatic heterocycles. The number of nitrogens with zero attached hydrogens (tertiary/aromatic N) is 2. The third-order valence-corrected chi connectivity index (χ3v) is 8.42. The minimum absolute atomic E-state index is 0.0839. The van der Waals surface area contributed by atoms with Crippen molar-refractivity contribution in [1.29, 1.82) is 0 Å². The van der Waals surface area contributed by atoms with Crippen LogP contribution < -0.4 is 4.74 Å². The van der Waals surface area contributed by atoms with Crippen molar-refractivity contribution in [3.05, 3.63) is 83.6 Å². The molecule has 3 aromatic rings. The molecule has 4 nitrogen and oxygen atoms in total. The van der Waals surface area contributed by atoms with E-state index in [0.29, 0.717) is 28.6 Å². The standard InChI is InChI=1S/C29H32F3N2O2/c1-4-20-17-34(16-19-5-7-22(8-6-19)29(30,31)32)12-10-21(20)14-26(34)28(35)24-9-11-33-27-18(2)13-23(36-3)15-25(24)27/h4-9,11,13,15,20-21,26,28,35H,1,10,12,14,16-17H2,2-3H3/q+1/t20?,21?,26?,28-,34?/m0/s1. The van der Waals surface area contributed by atoms with Crippen LogP contribution in [0.25, 0.3) is 10.9 Å². The molecule has 4 heterocycles. The predicted molar refractivity (Wildman–Crippen MR) is 133 cm³/mol. The fraction of sp³-hybridized carbons (Fsp3) is 0.414. The first-order valence-electron chi connectivity index (χ1n) is 12.4. The Bertz CT molecular complexity index is 1270. The Hall–Kier alpha value is -2.90. The predicted octanol–water partition coefficient (Wildman–Crippen LogP) is 6.22. The fourth-order valence-electron chi connectivity index (χ4n) is 6.55. The van der Waals surface area contributed by atoms with Crippen LogP contribution in [0.15, 0.2) is 61.3 Å². The molecule has 3 saturated heterocycles. The van der Waals surface area contributed by atoms with Crippen molar-refractivity contribution in [3.63, 3.8) is 0 Å². The molecule has 3 aliphatic rings. The lowest BCUT2D eigenvalue weighted by Crippen LogP contribution is -2.67. The highest BCUT2D eigenvalue weighted by atomic mass is 19.4. The fourth-order valence-corrected chi connectivity index (χ4v) is 6.55. The highest BCUT2D eigenvalue weighted by Crippen LogP contribution is 2.48. The number of quaternary nitrogens is 1. The lowest BCUT2D eigenvalue weighted by Gasteiger charge is -2.58. The van der Waals surface area contributed by atoms with Gasteiger partial charge in [0.25, 0.3) is 0 Å². The summed E-state index contributed by atoms with van der Waals surface area (Å²) in [5, 5.41) is 12.8. The number of hydrogen-bond donors (Lipinski definition) is 1. The number of aromatic nitrogens is 1. The van der Waals surface area contributed by atoms with Gasteiger partial charge in [0.15, 0.2) is 0 Å². The maximum absolute atomic E-state index is 13.1. The number of hydrogen-bond acceptors (Lipinski definition) is 3. The molecule has 5 atom stereocenters. The Labute approximate surface area is 209 Å². The van der Waals surface area contributed by atoms with Crippen LogP contribution in [0, 0.1) is 18.8 Å². The van der Waals surface area contributed by atoms with Crippen molar-refractivity contribution in [2.24, 2.45) is 11.8 Å². The number of benzene rings is 2. The number of piperidine rings is 3. The van der Waals surface area contributed by atoms with Gasteiger partial charge in [0.05, 0.1) is 31.3 Å². The molecule has 190 valence electrons. The molecule has 0 radical (unpaired) electrons. The Morgan fingerprint density at radius 1 is 1.22 bits per heavy atom. The second-order valence-electron chi connectivity index (χ2n) is 10.4. The van der Waals surface area contributed by atoms with Crippen molar-refractivity contribution >= 4 is 10.9 Å². The highest BCUT2D eigenvalue weighted by Gasteiger charge is 2.54. The zero-order valence-electron chi connectivity index (χ0n) is 20.6. The van der Waals surface area contributed by atoms with E-state index < -0.39 is 17.8 Å². The average Bonchev–Trinajstić information content (AvgIpc) is 2.87. The number of methoxy groups -OCH3 is 1. The van der Waals surface area contributed by atoms with Crippen LogP contribution >= 0.6 is 0 Å². The summed E-state index contributed by atoms with van der Waals surface area (Å²) in [5.74, 6) is 1.49. The first kappa shape index (κ1) is 24.8. The topological polar surface area (TPSA) is 42.4 Å². The van der Waals surface area contributed by atoms with Crippen LogP contribution in [0.3, 0.4) is 0 Å². The maximum Gasteiger partial charge on any atom is 0.416 e. The molecule has 0 spiro atoms. The zero-order chi connectivity index (χ0) is 25.7. The number of rotatable bonds is 6. The van der Waals surface area contributed by atoms with Crippen LogP contribution in [0.4, 0.5) is 13.2 Å². The molecule has 1 N–H and O–H groups in total. The van der Waals surface area contributed by atoms with Gasteiger partial charge >= 0.3 is 6.18 Å². The highest BCUT2D eigenvalue weighted by molar-refractivity contribution is 5.86. The molecule has 3 aliphatic heterocycles. The first-order valence-corrected chi connectivity index (χ1v) is 12.4. The first-order chi connectivity index (χ1) is 17.1. The number of aliphatic hydroxyl groups excluding tert-OH is 1. The largest absolute Gasteiger partial charge is 0.497 e. The number of halogens is 3. The van der Waals surface area contributed by atoms with Crippen LogP contribution in [0.1, 0.15) is 41.2 Å². The molecule has 36 heavy (non-hydrogen) atoms. The van der Waals surface area contributed by atoms with Gasteiger partial charge < -0.3 is 14.3 Å². The van der Waals surface area contributed by atoms with Crippen LogP contribution in [-0.2, 0) is 12.7 Å². The summed E-state index contributed by atoms with van der Waals surface area (Å²) in [4.78, 5) is 4.55. The third kappa shape index (κ3) is 4.28. The molecular formula is C29H32F3N2O2+. The Kier molecular flexibility index (Phi) is 6.33. The minimum atomic E-state index is -4.36. The Balaban J connectivity index is 1.54. The summed E-state index contributed by atoms with van der Waals surface area (Å²) in [6.45, 7) is 8.31. The van der Waals surface area contributed by atoms with E-state index in [4.69, 9.17) is 4.74 Å². The van der Waals surface area contributed by atoms with Gasteiger partial charge in [0.2, 0.25) is 0 Å². The van der Waals surface area contributed by atoms with E-state index >= 15 is 0 Å². The molecule has 4 unspecified atom stereocenters. The number of alkyl halides is 3. The van der Waals surface area contributed by atoms with Gasteiger partial charge in [-0.3, -0.25) is 4.98 Å². The van der Waals surface area contributed by atoms with Gasteiger partial charge in [0, 0.05) is 35.9 Å². The molecule has 2 aromatic carbocycles. The summed E-state index contributed by atoms with van der Waals surface area (Å²) in [6, 6.07) is 11.1. The molecular weight excluding hydrogens is 465 g/mol. The Morgan fingerprint density at radius 2 is 1.97 bits per heavy atom. The quantitative estimate of drug-likeness (QED) is 0.325. The van der Waals surface area contributed by atoms with Gasteiger partial charge in [-0.1, -0.05) is 18.2 Å². The van der Waals surface area contributed by atoms with Crippen molar-refractivity contribution < 1.29 is 27.5 Å². The number of aryl methyl sites for hydroxylation is 1.